The number of nitrogens with one attached hydrogen (secondary N) is 1. The van der Waals surface area contributed by atoms with Crippen LogP contribution in [0.2, 0.25) is 0 Å². The fourth-order valence-corrected chi connectivity index (χ4v) is 3.56. The molecule has 0 atom stereocenters. The number of rotatable bonds is 3. The fraction of sp³-hybridized carbons (Fsp3) is 0.211. The predicted molar refractivity (Wildman–Crippen MR) is 97.8 cm³/mol. The third-order valence-electron chi connectivity index (χ3n) is 4.27. The van der Waals surface area contributed by atoms with E-state index in [1.54, 1.807) is 11.8 Å². The minimum Gasteiger partial charge on any atom is -0.449 e. The lowest BCUT2D eigenvalue weighted by molar-refractivity contribution is 0.0933. The van der Waals surface area contributed by atoms with Crippen molar-refractivity contribution in [3.8, 4) is 0 Å². The van der Waals surface area contributed by atoms with E-state index in [9.17, 15) is 4.79 Å². The average molecular weight is 338 g/mol. The average Bonchev–Trinajstić information content (AvgIpc) is 2.93. The summed E-state index contributed by atoms with van der Waals surface area (Å²) in [6.07, 6.45) is 2.05. The van der Waals surface area contributed by atoms with Gasteiger partial charge in [-0.1, -0.05) is 30.3 Å². The second-order valence-corrected chi connectivity index (χ2v) is 6.68. The molecule has 0 aliphatic carbocycles. The zero-order valence-corrected chi connectivity index (χ0v) is 14.2. The van der Waals surface area contributed by atoms with Crippen LogP contribution in [0.15, 0.2) is 57.8 Å². The topological polar surface area (TPSA) is 45.5 Å². The van der Waals surface area contributed by atoms with Crippen LogP contribution in [0.3, 0.4) is 0 Å². The van der Waals surface area contributed by atoms with Gasteiger partial charge < -0.3 is 14.6 Å². The molecule has 1 N–H and O–H groups in total. The number of amides is 1. The zero-order valence-electron chi connectivity index (χ0n) is 13.4. The Morgan fingerprint density at radius 3 is 2.83 bits per heavy atom. The lowest BCUT2D eigenvalue weighted by Crippen LogP contribution is -2.29. The number of thioether (sulfide) groups is 1. The summed E-state index contributed by atoms with van der Waals surface area (Å²) in [4.78, 5) is 15.8. The van der Waals surface area contributed by atoms with Crippen LogP contribution < -0.4 is 10.2 Å². The van der Waals surface area contributed by atoms with Crippen molar-refractivity contribution in [1.82, 2.24) is 5.32 Å². The van der Waals surface area contributed by atoms with Crippen molar-refractivity contribution in [2.24, 2.45) is 0 Å². The summed E-state index contributed by atoms with van der Waals surface area (Å²) in [6, 6.07) is 16.4. The second-order valence-electron chi connectivity index (χ2n) is 5.80. The first-order chi connectivity index (χ1) is 11.8. The van der Waals surface area contributed by atoms with Gasteiger partial charge in [0.15, 0.2) is 0 Å². The maximum absolute atomic E-state index is 12.4. The number of fused-ring (bicyclic) bond motifs is 3. The fourth-order valence-electron chi connectivity index (χ4n) is 3.12. The molecule has 0 spiro atoms. The molecule has 2 aromatic carbocycles. The van der Waals surface area contributed by atoms with Gasteiger partial charge in [0.2, 0.25) is 5.76 Å². The zero-order chi connectivity index (χ0) is 16.5. The van der Waals surface area contributed by atoms with E-state index >= 15 is 0 Å². The third-order valence-corrected chi connectivity index (χ3v) is 5.00. The minimum atomic E-state index is -0.137. The molecule has 24 heavy (non-hydrogen) atoms. The van der Waals surface area contributed by atoms with Gasteiger partial charge in [0.25, 0.3) is 5.91 Å². The normalized spacial score (nSPS) is 14.4. The van der Waals surface area contributed by atoms with Gasteiger partial charge >= 0.3 is 0 Å². The highest BCUT2D eigenvalue weighted by molar-refractivity contribution is 7.98. The van der Waals surface area contributed by atoms with Gasteiger partial charge in [-0.15, -0.1) is 11.8 Å². The Morgan fingerprint density at radius 2 is 2.04 bits per heavy atom. The van der Waals surface area contributed by atoms with E-state index in [-0.39, 0.29) is 5.91 Å². The number of carbonyl (C=O) groups excluding carboxylic acids is 1. The van der Waals surface area contributed by atoms with Gasteiger partial charge in [0, 0.05) is 29.9 Å². The molecule has 4 nitrogen and oxygen atoms in total. The summed E-state index contributed by atoms with van der Waals surface area (Å²) in [5.74, 6) is 0.277. The maximum atomic E-state index is 12.4. The molecule has 1 aliphatic rings. The van der Waals surface area contributed by atoms with E-state index in [2.05, 4.69) is 28.4 Å². The first-order valence-corrected chi connectivity index (χ1v) is 9.16. The van der Waals surface area contributed by atoms with Crippen LogP contribution in [0.5, 0.6) is 0 Å². The van der Waals surface area contributed by atoms with E-state index in [1.807, 2.05) is 36.6 Å². The monoisotopic (exact) mass is 338 g/mol. The van der Waals surface area contributed by atoms with Gasteiger partial charge in [-0.25, -0.2) is 0 Å². The molecule has 1 aromatic heterocycles. The lowest BCUT2D eigenvalue weighted by Gasteiger charge is -2.22. The van der Waals surface area contributed by atoms with Gasteiger partial charge in [0.1, 0.15) is 5.58 Å². The third kappa shape index (κ3) is 2.65. The van der Waals surface area contributed by atoms with Crippen molar-refractivity contribution in [1.29, 1.82) is 0 Å². The van der Waals surface area contributed by atoms with Gasteiger partial charge in [-0.05, 0) is 30.0 Å². The summed E-state index contributed by atoms with van der Waals surface area (Å²) in [5.41, 5.74) is 2.88. The summed E-state index contributed by atoms with van der Waals surface area (Å²) in [7, 11) is 0. The largest absolute Gasteiger partial charge is 0.449 e. The summed E-state index contributed by atoms with van der Waals surface area (Å²) in [6.45, 7) is 2.12. The lowest BCUT2D eigenvalue weighted by atomic mass is 10.1. The summed E-state index contributed by atoms with van der Waals surface area (Å²) < 4.78 is 5.89. The van der Waals surface area contributed by atoms with Crippen LogP contribution >= 0.6 is 11.8 Å². The molecule has 0 saturated carbocycles. The number of benzene rings is 2. The summed E-state index contributed by atoms with van der Waals surface area (Å²) >= 11 is 1.69. The Hall–Kier alpha value is -2.40. The molecule has 122 valence electrons. The van der Waals surface area contributed by atoms with E-state index in [1.165, 1.54) is 5.56 Å². The van der Waals surface area contributed by atoms with Crippen molar-refractivity contribution in [3.05, 3.63) is 59.9 Å². The molecule has 2 heterocycles. The summed E-state index contributed by atoms with van der Waals surface area (Å²) in [5, 5.41) is 3.93. The van der Waals surface area contributed by atoms with E-state index in [0.29, 0.717) is 12.3 Å². The molecule has 5 heteroatoms. The standard InChI is InChI=1S/C19H18N2O2S/c1-24-14-7-8-16-15(11-14)17-18(23-16)19(22)20-9-10-21(17)12-13-5-3-2-4-6-13/h2-8,11H,9-10,12H2,1H3,(H,20,22). The van der Waals surface area contributed by atoms with E-state index < -0.39 is 0 Å². The number of hydrogen-bond acceptors (Lipinski definition) is 4. The van der Waals surface area contributed by atoms with Crippen molar-refractivity contribution >= 4 is 34.3 Å². The van der Waals surface area contributed by atoms with Crippen molar-refractivity contribution in [3.63, 3.8) is 0 Å². The highest BCUT2D eigenvalue weighted by Gasteiger charge is 2.27. The van der Waals surface area contributed by atoms with Crippen LogP contribution in [-0.4, -0.2) is 25.3 Å². The molecule has 1 amide bonds. The molecule has 0 saturated heterocycles. The first kappa shape index (κ1) is 15.1. The predicted octanol–water partition coefficient (Wildman–Crippen LogP) is 3.90. The second kappa shape index (κ2) is 6.24. The Balaban J connectivity index is 1.85. The van der Waals surface area contributed by atoms with Gasteiger partial charge in [0.05, 0.1) is 5.69 Å². The van der Waals surface area contributed by atoms with Crippen LogP contribution in [0.1, 0.15) is 16.1 Å². The number of carbonyl (C=O) groups is 1. The Morgan fingerprint density at radius 1 is 1.21 bits per heavy atom. The highest BCUT2D eigenvalue weighted by Crippen LogP contribution is 2.37. The van der Waals surface area contributed by atoms with E-state index in [4.69, 9.17) is 4.42 Å². The number of anilines is 1. The highest BCUT2D eigenvalue weighted by atomic mass is 32.2. The van der Waals surface area contributed by atoms with Crippen LogP contribution in [0, 0.1) is 0 Å². The molecule has 0 radical (unpaired) electrons. The Bertz CT molecular complexity index is 889. The van der Waals surface area contributed by atoms with Crippen LogP contribution in [0.4, 0.5) is 5.69 Å². The molecule has 0 unspecified atom stereocenters. The van der Waals surface area contributed by atoms with Crippen LogP contribution in [-0.2, 0) is 6.54 Å². The molecular weight excluding hydrogens is 320 g/mol. The van der Waals surface area contributed by atoms with Crippen LogP contribution in [0.25, 0.3) is 11.0 Å². The molecule has 1 aliphatic heterocycles. The van der Waals surface area contributed by atoms with Gasteiger partial charge in [-0.3, -0.25) is 4.79 Å². The SMILES string of the molecule is CSc1ccc2oc3c(c2c1)N(Cc1ccccc1)CCNC3=O. The molecule has 0 bridgehead atoms. The number of hydrogen-bond donors (Lipinski definition) is 1. The molecule has 0 fully saturated rings. The number of furan rings is 1. The van der Waals surface area contributed by atoms with Crippen molar-refractivity contribution < 1.29 is 9.21 Å². The van der Waals surface area contributed by atoms with Crippen molar-refractivity contribution in [2.45, 2.75) is 11.4 Å². The van der Waals surface area contributed by atoms with Gasteiger partial charge in [-0.2, -0.15) is 0 Å². The minimum absolute atomic E-state index is 0.137. The maximum Gasteiger partial charge on any atom is 0.289 e. The Kier molecular flexibility index (Phi) is 3.94. The number of nitrogens with zero attached hydrogens (tertiary/aromatic N) is 1. The van der Waals surface area contributed by atoms with E-state index in [0.717, 1.165) is 34.6 Å². The molecular formula is C19H18N2O2S. The molecule has 4 rings (SSSR count). The smallest absolute Gasteiger partial charge is 0.289 e. The van der Waals surface area contributed by atoms with Crippen molar-refractivity contribution in [2.75, 3.05) is 24.2 Å². The molecule has 3 aromatic rings. The Labute approximate surface area is 144 Å². The quantitative estimate of drug-likeness (QED) is 0.736. The first-order valence-electron chi connectivity index (χ1n) is 7.94.